The van der Waals surface area contributed by atoms with Crippen LogP contribution in [0.25, 0.3) is 0 Å². The lowest BCUT2D eigenvalue weighted by atomic mass is 10.1. The van der Waals surface area contributed by atoms with Gasteiger partial charge in [0.1, 0.15) is 11.3 Å². The summed E-state index contributed by atoms with van der Waals surface area (Å²) < 4.78 is 12.3. The molecule has 7 heteroatoms. The lowest BCUT2D eigenvalue weighted by Gasteiger charge is -2.39. The van der Waals surface area contributed by atoms with Crippen LogP contribution in [0.2, 0.25) is 24.2 Å². The van der Waals surface area contributed by atoms with Crippen LogP contribution in [0.5, 0.6) is 0 Å². The van der Waals surface area contributed by atoms with Gasteiger partial charge in [0.2, 0.25) is 0 Å². The third kappa shape index (κ3) is 5.36. The summed E-state index contributed by atoms with van der Waals surface area (Å²) in [5.74, 6) is 0. The minimum Gasteiger partial charge on any atom is -0.444 e. The van der Waals surface area contributed by atoms with Crippen LogP contribution in [0, 0.1) is 0 Å². The van der Waals surface area contributed by atoms with Crippen LogP contribution < -0.4 is 0 Å². The molecule has 2 atom stereocenters. The lowest BCUT2D eigenvalue weighted by Crippen LogP contribution is -2.51. The maximum Gasteiger partial charge on any atom is 0.412 e. The van der Waals surface area contributed by atoms with E-state index >= 15 is 0 Å². The lowest BCUT2D eigenvalue weighted by molar-refractivity contribution is -0.0758. The van der Waals surface area contributed by atoms with Crippen LogP contribution in [0.3, 0.4) is 0 Å². The maximum atomic E-state index is 13.1. The fourth-order valence-corrected chi connectivity index (χ4v) is 6.04. The van der Waals surface area contributed by atoms with Gasteiger partial charge in [-0.25, -0.2) is 9.78 Å². The smallest absolute Gasteiger partial charge is 0.412 e. The number of aromatic nitrogens is 1. The SMILES string of the molecule is CC(C)(C)OC(=O)N1[C@@H](Cc2cscn2)[C@@H](C[Si](C)(C)C(C)(C)C)OC1(C)C. The molecule has 5 nitrogen and oxygen atoms in total. The van der Waals surface area contributed by atoms with Gasteiger partial charge < -0.3 is 9.47 Å². The van der Waals surface area contributed by atoms with E-state index < -0.39 is 19.4 Å². The first-order chi connectivity index (χ1) is 12.5. The number of hydrogen-bond acceptors (Lipinski definition) is 5. The highest BCUT2D eigenvalue weighted by Crippen LogP contribution is 2.44. The Morgan fingerprint density at radius 1 is 1.29 bits per heavy atom. The van der Waals surface area contributed by atoms with Crippen LogP contribution >= 0.6 is 11.3 Å². The van der Waals surface area contributed by atoms with Crippen LogP contribution in [-0.4, -0.2) is 47.5 Å². The van der Waals surface area contributed by atoms with E-state index in [1.807, 2.05) is 45.0 Å². The van der Waals surface area contributed by atoms with Gasteiger partial charge in [0.25, 0.3) is 0 Å². The van der Waals surface area contributed by atoms with Gasteiger partial charge >= 0.3 is 6.09 Å². The van der Waals surface area contributed by atoms with E-state index in [9.17, 15) is 4.79 Å². The first-order valence-corrected chi connectivity index (χ1v) is 14.3. The molecule has 0 radical (unpaired) electrons. The van der Waals surface area contributed by atoms with E-state index in [-0.39, 0.29) is 23.3 Å². The Morgan fingerprint density at radius 3 is 2.36 bits per heavy atom. The third-order valence-electron chi connectivity index (χ3n) is 6.01. The van der Waals surface area contributed by atoms with Crippen molar-refractivity contribution in [3.63, 3.8) is 0 Å². The van der Waals surface area contributed by atoms with Crippen molar-refractivity contribution in [1.29, 1.82) is 0 Å². The summed E-state index contributed by atoms with van der Waals surface area (Å²) in [4.78, 5) is 19.4. The van der Waals surface area contributed by atoms with Crippen molar-refractivity contribution < 1.29 is 14.3 Å². The van der Waals surface area contributed by atoms with Gasteiger partial charge in [-0.2, -0.15) is 0 Å². The average Bonchev–Trinajstić information content (AvgIpc) is 3.02. The molecule has 1 fully saturated rings. The molecule has 1 aromatic rings. The van der Waals surface area contributed by atoms with Crippen molar-refractivity contribution in [1.82, 2.24) is 9.88 Å². The summed E-state index contributed by atoms with van der Waals surface area (Å²) in [6.07, 6.45) is 0.353. The first kappa shape index (κ1) is 23.4. The molecule has 0 spiro atoms. The van der Waals surface area contributed by atoms with Gasteiger partial charge in [0.15, 0.2) is 0 Å². The Balaban J connectivity index is 2.37. The maximum absolute atomic E-state index is 13.1. The van der Waals surface area contributed by atoms with E-state index in [0.29, 0.717) is 6.42 Å². The van der Waals surface area contributed by atoms with Gasteiger partial charge in [-0.05, 0) is 45.7 Å². The highest BCUT2D eigenvalue weighted by atomic mass is 32.1. The number of ether oxygens (including phenoxy) is 2. The average molecular weight is 427 g/mol. The zero-order chi connectivity index (χ0) is 21.5. The molecular formula is C21H38N2O3SSi. The first-order valence-electron chi connectivity index (χ1n) is 10.1. The van der Waals surface area contributed by atoms with Crippen LogP contribution in [-0.2, 0) is 15.9 Å². The molecule has 1 aromatic heterocycles. The molecule has 1 aliphatic rings. The Bertz CT molecular complexity index is 675. The largest absolute Gasteiger partial charge is 0.444 e. The zero-order valence-corrected chi connectivity index (χ0v) is 21.1. The summed E-state index contributed by atoms with van der Waals surface area (Å²) in [6.45, 7) is 21.4. The summed E-state index contributed by atoms with van der Waals surface area (Å²) in [6, 6.07) is 0.912. The van der Waals surface area contributed by atoms with E-state index in [1.165, 1.54) is 0 Å². The van der Waals surface area contributed by atoms with Crippen LogP contribution in [0.1, 0.15) is 61.1 Å². The minimum atomic E-state index is -1.61. The second-order valence-corrected chi connectivity index (χ2v) is 17.4. The second kappa shape index (κ2) is 7.72. The van der Waals surface area contributed by atoms with E-state index in [0.717, 1.165) is 11.7 Å². The molecule has 1 saturated heterocycles. The monoisotopic (exact) mass is 426 g/mol. The van der Waals surface area contributed by atoms with E-state index in [4.69, 9.17) is 9.47 Å². The summed E-state index contributed by atoms with van der Waals surface area (Å²) >= 11 is 1.58. The molecule has 0 aromatic carbocycles. The fraction of sp³-hybridized carbons (Fsp3) is 0.810. The molecular weight excluding hydrogens is 388 g/mol. The Hall–Kier alpha value is -0.923. The van der Waals surface area contributed by atoms with Gasteiger partial charge in [0, 0.05) is 11.8 Å². The highest BCUT2D eigenvalue weighted by Gasteiger charge is 2.53. The van der Waals surface area contributed by atoms with Gasteiger partial charge in [-0.15, -0.1) is 11.3 Å². The van der Waals surface area contributed by atoms with Crippen molar-refractivity contribution in [2.45, 2.75) is 109 Å². The highest BCUT2D eigenvalue weighted by molar-refractivity contribution is 7.07. The summed E-state index contributed by atoms with van der Waals surface area (Å²) in [5.41, 5.74) is 1.59. The predicted molar refractivity (Wildman–Crippen MR) is 119 cm³/mol. The number of rotatable bonds is 4. The predicted octanol–water partition coefficient (Wildman–Crippen LogP) is 5.93. The Labute approximate surface area is 175 Å². The number of carbonyl (C=O) groups excluding carboxylic acids is 1. The second-order valence-electron chi connectivity index (χ2n) is 11.0. The Morgan fingerprint density at radius 2 is 1.89 bits per heavy atom. The molecule has 28 heavy (non-hydrogen) atoms. The molecule has 0 aliphatic carbocycles. The van der Waals surface area contributed by atoms with E-state index in [2.05, 4.69) is 44.2 Å². The number of carbonyl (C=O) groups is 1. The number of hydrogen-bond donors (Lipinski definition) is 0. The normalized spacial score (nSPS) is 23.1. The Kier molecular flexibility index (Phi) is 6.44. The van der Waals surface area contributed by atoms with Gasteiger partial charge in [0.05, 0.1) is 31.4 Å². The molecule has 160 valence electrons. The van der Waals surface area contributed by atoms with Crippen molar-refractivity contribution >= 4 is 25.5 Å². The molecule has 0 bridgehead atoms. The number of amides is 1. The van der Waals surface area contributed by atoms with Gasteiger partial charge in [-0.3, -0.25) is 4.90 Å². The van der Waals surface area contributed by atoms with Gasteiger partial charge in [-0.1, -0.05) is 33.9 Å². The molecule has 2 heterocycles. The fourth-order valence-electron chi connectivity index (χ4n) is 3.50. The topological polar surface area (TPSA) is 51.7 Å². The standard InChI is InChI=1S/C21H38N2O3SSi/c1-19(2,3)26-18(24)23-16(11-15-12-27-14-22-15)17(25-21(23,7)8)13-28(9,10)20(4,5)6/h12,14,16-17H,11,13H2,1-10H3/t16-,17+/m0/s1. The van der Waals surface area contributed by atoms with Crippen molar-refractivity contribution in [3.8, 4) is 0 Å². The molecule has 0 N–H and O–H groups in total. The van der Waals surface area contributed by atoms with Crippen molar-refractivity contribution in [2.24, 2.45) is 0 Å². The number of nitrogens with zero attached hydrogens (tertiary/aromatic N) is 2. The van der Waals surface area contributed by atoms with E-state index in [1.54, 1.807) is 11.3 Å². The van der Waals surface area contributed by atoms with Crippen molar-refractivity contribution in [3.05, 3.63) is 16.6 Å². The molecule has 2 rings (SSSR count). The molecule has 1 amide bonds. The molecule has 0 saturated carbocycles. The zero-order valence-electron chi connectivity index (χ0n) is 19.3. The quantitative estimate of drug-likeness (QED) is 0.560. The molecule has 1 aliphatic heterocycles. The van der Waals surface area contributed by atoms with Crippen LogP contribution in [0.4, 0.5) is 4.79 Å². The summed E-state index contributed by atoms with van der Waals surface area (Å²) in [7, 11) is -1.61. The summed E-state index contributed by atoms with van der Waals surface area (Å²) in [5, 5.41) is 2.31. The van der Waals surface area contributed by atoms with Crippen molar-refractivity contribution in [2.75, 3.05) is 0 Å². The minimum absolute atomic E-state index is 0.0230. The number of thiazole rings is 1. The molecule has 0 unspecified atom stereocenters. The van der Waals surface area contributed by atoms with Crippen LogP contribution in [0.15, 0.2) is 10.9 Å². The third-order valence-corrected chi connectivity index (χ3v) is 12.1.